The third-order valence-corrected chi connectivity index (χ3v) is 9.04. The van der Waals surface area contributed by atoms with Crippen LogP contribution in [0.25, 0.3) is 0 Å². The van der Waals surface area contributed by atoms with E-state index in [0.29, 0.717) is 0 Å². The van der Waals surface area contributed by atoms with Gasteiger partial charge in [0.2, 0.25) is 21.1 Å². The van der Waals surface area contributed by atoms with E-state index in [1.807, 2.05) is 0 Å². The van der Waals surface area contributed by atoms with Gasteiger partial charge in [-0.25, -0.2) is 0 Å². The Morgan fingerprint density at radius 3 is 1.42 bits per heavy atom. The first kappa shape index (κ1) is 23.2. The molecule has 31 heavy (non-hydrogen) atoms. The van der Waals surface area contributed by atoms with Crippen molar-refractivity contribution < 1.29 is 49.0 Å². The van der Waals surface area contributed by atoms with Crippen molar-refractivity contribution in [1.82, 2.24) is 0 Å². The van der Waals surface area contributed by atoms with Crippen molar-refractivity contribution in [3.63, 3.8) is 0 Å². The van der Waals surface area contributed by atoms with Crippen molar-refractivity contribution in [2.24, 2.45) is 0 Å². The third kappa shape index (κ3) is 2.91. The molecular weight excluding hydrogens is 456 g/mol. The highest BCUT2D eigenvalue weighted by Gasteiger charge is 2.78. The monoisotopic (exact) mass is 476 g/mol. The Kier molecular flexibility index (Phi) is 5.67. The highest BCUT2D eigenvalue weighted by molar-refractivity contribution is 7.93. The van der Waals surface area contributed by atoms with E-state index in [4.69, 9.17) is 22.6 Å². The second kappa shape index (κ2) is 7.58. The maximum absolute atomic E-state index is 13.5. The largest absolute Gasteiger partial charge is 0.493 e. The van der Waals surface area contributed by atoms with Crippen LogP contribution in [0.3, 0.4) is 0 Å². The van der Waals surface area contributed by atoms with E-state index in [2.05, 4.69) is 0 Å². The van der Waals surface area contributed by atoms with E-state index in [-0.39, 0.29) is 13.2 Å². The van der Waals surface area contributed by atoms with Crippen molar-refractivity contribution >= 4 is 31.8 Å². The molecule has 3 aliphatic rings. The van der Waals surface area contributed by atoms with Gasteiger partial charge >= 0.3 is 0 Å². The molecule has 170 valence electrons. The van der Waals surface area contributed by atoms with Gasteiger partial charge in [-0.3, -0.25) is 18.0 Å². The van der Waals surface area contributed by atoms with E-state index in [0.717, 1.165) is 38.5 Å². The van der Waals surface area contributed by atoms with Crippen LogP contribution in [0.4, 0.5) is 0 Å². The minimum Gasteiger partial charge on any atom is -0.493 e. The lowest BCUT2D eigenvalue weighted by molar-refractivity contribution is -0.115. The molecule has 0 radical (unpaired) electrons. The van der Waals surface area contributed by atoms with Gasteiger partial charge in [-0.1, -0.05) is 0 Å². The SMILES string of the molecule is CCOS(=O)(=O)C12C=C(OC)C(=O)C=C1OC1=CC(=O)C(OC)=CC12S(=O)(=O)OCC. The van der Waals surface area contributed by atoms with Crippen LogP contribution in [0.2, 0.25) is 0 Å². The third-order valence-electron chi connectivity index (χ3n) is 4.96. The minimum atomic E-state index is -4.89. The Bertz CT molecular complexity index is 1080. The van der Waals surface area contributed by atoms with E-state index < -0.39 is 64.3 Å². The molecule has 0 aromatic rings. The van der Waals surface area contributed by atoms with Gasteiger partial charge in [0.1, 0.15) is 11.5 Å². The number of carbonyl (C=O) groups is 2. The van der Waals surface area contributed by atoms with Crippen LogP contribution in [-0.2, 0) is 52.4 Å². The Hall–Kier alpha value is -2.48. The zero-order valence-electron chi connectivity index (χ0n) is 17.0. The fourth-order valence-electron chi connectivity index (χ4n) is 3.74. The van der Waals surface area contributed by atoms with Gasteiger partial charge in [0.15, 0.2) is 11.5 Å². The second-order valence-electron chi connectivity index (χ2n) is 6.47. The average molecular weight is 476 g/mol. The zero-order chi connectivity index (χ0) is 23.2. The van der Waals surface area contributed by atoms with Gasteiger partial charge in [-0.15, -0.1) is 0 Å². The number of fused-ring (bicyclic) bond motifs is 3. The molecule has 0 spiro atoms. The number of methoxy groups -OCH3 is 2. The lowest BCUT2D eigenvalue weighted by Crippen LogP contribution is -2.61. The van der Waals surface area contributed by atoms with E-state index >= 15 is 0 Å². The van der Waals surface area contributed by atoms with Crippen LogP contribution in [0.15, 0.2) is 47.3 Å². The summed E-state index contributed by atoms with van der Waals surface area (Å²) in [4.78, 5) is 24.7. The lowest BCUT2D eigenvalue weighted by Gasteiger charge is -2.39. The van der Waals surface area contributed by atoms with Gasteiger partial charge in [-0.2, -0.15) is 16.8 Å². The fraction of sp³-hybridized carbons (Fsp3) is 0.444. The molecule has 0 bridgehead atoms. The summed E-state index contributed by atoms with van der Waals surface area (Å²) in [7, 11) is -7.56. The number of ether oxygens (including phenoxy) is 3. The van der Waals surface area contributed by atoms with Crippen molar-refractivity contribution in [3.8, 4) is 0 Å². The fourth-order valence-corrected chi connectivity index (χ4v) is 7.60. The molecule has 1 aliphatic heterocycles. The predicted octanol–water partition coefficient (Wildman–Crippen LogP) is 0.221. The van der Waals surface area contributed by atoms with Crippen LogP contribution in [0, 0.1) is 0 Å². The molecule has 0 saturated carbocycles. The molecule has 0 N–H and O–H groups in total. The maximum atomic E-state index is 13.5. The van der Waals surface area contributed by atoms with Crippen LogP contribution in [-0.4, -0.2) is 65.3 Å². The number of ketones is 2. The molecule has 1 heterocycles. The highest BCUT2D eigenvalue weighted by Crippen LogP contribution is 2.59. The van der Waals surface area contributed by atoms with Crippen LogP contribution in [0.1, 0.15) is 13.8 Å². The minimum absolute atomic E-state index is 0.356. The summed E-state index contributed by atoms with van der Waals surface area (Å²) in [5, 5.41) is 0. The van der Waals surface area contributed by atoms with Crippen LogP contribution >= 0.6 is 0 Å². The molecule has 0 amide bonds. The van der Waals surface area contributed by atoms with Crippen LogP contribution in [0.5, 0.6) is 0 Å². The molecule has 13 heteroatoms. The summed E-state index contributed by atoms with van der Waals surface area (Å²) in [6.07, 6.45) is 3.16. The van der Waals surface area contributed by atoms with E-state index in [9.17, 15) is 26.4 Å². The highest BCUT2D eigenvalue weighted by atomic mass is 32.2. The Morgan fingerprint density at radius 2 is 1.13 bits per heavy atom. The zero-order valence-corrected chi connectivity index (χ0v) is 18.7. The van der Waals surface area contributed by atoms with Gasteiger partial charge < -0.3 is 14.2 Å². The predicted molar refractivity (Wildman–Crippen MR) is 104 cm³/mol. The molecular formula is C18H20O11S2. The van der Waals surface area contributed by atoms with Gasteiger partial charge in [0.05, 0.1) is 27.4 Å². The van der Waals surface area contributed by atoms with Crippen molar-refractivity contribution in [1.29, 1.82) is 0 Å². The van der Waals surface area contributed by atoms with Gasteiger partial charge in [0, 0.05) is 12.2 Å². The number of carbonyl (C=O) groups excluding carboxylic acids is 2. The number of allylic oxidation sites excluding steroid dienone is 2. The molecule has 2 aliphatic carbocycles. The first-order chi connectivity index (χ1) is 14.5. The van der Waals surface area contributed by atoms with Crippen LogP contribution < -0.4 is 0 Å². The van der Waals surface area contributed by atoms with Crippen molar-refractivity contribution in [2.75, 3.05) is 27.4 Å². The smallest absolute Gasteiger partial charge is 0.286 e. The summed E-state index contributed by atoms with van der Waals surface area (Å²) in [5.74, 6) is -3.64. The summed E-state index contributed by atoms with van der Waals surface area (Å²) in [6.45, 7) is 2.04. The molecule has 2 unspecified atom stereocenters. The summed E-state index contributed by atoms with van der Waals surface area (Å²) in [5.41, 5.74) is 0. The number of rotatable bonds is 8. The molecule has 0 aromatic heterocycles. The topological polar surface area (TPSA) is 149 Å². The average Bonchev–Trinajstić information content (AvgIpc) is 2.97. The van der Waals surface area contributed by atoms with E-state index in [1.54, 1.807) is 0 Å². The Labute approximate surface area is 179 Å². The molecule has 3 rings (SSSR count). The molecule has 1 saturated heterocycles. The standard InChI is InChI=1S/C18H20O11S2/c1-5-27-30(21,22)17-9-13(25-3)11(19)7-15(17)29-16-8-12(20)14(26-4)10-18(16,17)31(23,24)28-6-2/h7-10H,5-6H2,1-4H3. The molecule has 2 atom stereocenters. The summed E-state index contributed by atoms with van der Waals surface area (Å²) >= 11 is 0. The number of hydrogen-bond donors (Lipinski definition) is 0. The van der Waals surface area contributed by atoms with Crippen molar-refractivity contribution in [2.45, 2.75) is 23.3 Å². The summed E-state index contributed by atoms with van der Waals surface area (Å²) in [6, 6.07) is 0. The molecule has 1 fully saturated rings. The normalized spacial score (nSPS) is 27.9. The first-order valence-electron chi connectivity index (χ1n) is 9.00. The van der Waals surface area contributed by atoms with Gasteiger partial charge in [0.25, 0.3) is 20.2 Å². The lowest BCUT2D eigenvalue weighted by atomic mass is 9.82. The Morgan fingerprint density at radius 1 is 0.774 bits per heavy atom. The quantitative estimate of drug-likeness (QED) is 0.443. The number of hydrogen-bond acceptors (Lipinski definition) is 11. The van der Waals surface area contributed by atoms with Crippen molar-refractivity contribution in [3.05, 3.63) is 47.3 Å². The van der Waals surface area contributed by atoms with Gasteiger partial charge in [-0.05, 0) is 26.0 Å². The van der Waals surface area contributed by atoms with E-state index in [1.165, 1.54) is 13.8 Å². The Balaban J connectivity index is 2.58. The maximum Gasteiger partial charge on any atom is 0.286 e. The summed E-state index contributed by atoms with van der Waals surface area (Å²) < 4.78 is 74.1. The second-order valence-corrected chi connectivity index (χ2v) is 10.0. The first-order valence-corrected chi connectivity index (χ1v) is 11.8. The molecule has 0 aromatic carbocycles. The molecule has 11 nitrogen and oxygen atoms in total.